The van der Waals surface area contributed by atoms with Crippen LogP contribution in [0, 0.1) is 17.6 Å². The van der Waals surface area contributed by atoms with Crippen molar-refractivity contribution < 1.29 is 37.8 Å². The molecule has 13 heteroatoms. The fraction of sp³-hybridized carbons (Fsp3) is 0.407. The van der Waals surface area contributed by atoms with Crippen molar-refractivity contribution in [2.45, 2.75) is 44.4 Å². The zero-order valence-electron chi connectivity index (χ0n) is 22.0. The molecule has 1 fully saturated rings. The molecule has 0 unspecified atom stereocenters. The summed E-state index contributed by atoms with van der Waals surface area (Å²) < 4.78 is 34.1. The molecule has 11 nitrogen and oxygen atoms in total. The first-order chi connectivity index (χ1) is 19.0. The number of anilines is 2. The van der Waals surface area contributed by atoms with Crippen LogP contribution >= 0.6 is 0 Å². The maximum Gasteiger partial charge on any atom is 0.407 e. The number of nitrogens with one attached hydrogen (secondary N) is 2. The molecule has 5 N–H and O–H groups in total. The minimum absolute atomic E-state index is 0.0214. The lowest BCUT2D eigenvalue weighted by Crippen LogP contribution is -2.57. The van der Waals surface area contributed by atoms with Crippen LogP contribution in [-0.2, 0) is 25.7 Å². The summed E-state index contributed by atoms with van der Waals surface area (Å²) in [4.78, 5) is 54.2. The van der Waals surface area contributed by atoms with Crippen LogP contribution in [0.4, 0.5) is 25.0 Å². The molecule has 0 radical (unpaired) electrons. The molecule has 2 aromatic carbocycles. The third-order valence-corrected chi connectivity index (χ3v) is 7.42. The maximum atomic E-state index is 14.4. The van der Waals surface area contributed by atoms with Gasteiger partial charge in [-0.1, -0.05) is 12.1 Å². The highest BCUT2D eigenvalue weighted by molar-refractivity contribution is 6.00. The van der Waals surface area contributed by atoms with Crippen LogP contribution < -0.4 is 16.4 Å². The van der Waals surface area contributed by atoms with Gasteiger partial charge in [-0.15, -0.1) is 0 Å². The topological polar surface area (TPSA) is 154 Å². The van der Waals surface area contributed by atoms with Gasteiger partial charge in [-0.25, -0.2) is 13.6 Å². The van der Waals surface area contributed by atoms with Crippen molar-refractivity contribution in [2.75, 3.05) is 31.3 Å². The Morgan fingerprint density at radius 3 is 2.40 bits per heavy atom. The number of nitrogen functional groups attached to an aromatic ring is 1. The molecular weight excluding hydrogens is 528 g/mol. The fourth-order valence-corrected chi connectivity index (χ4v) is 4.98. The van der Waals surface area contributed by atoms with Crippen LogP contribution in [0.1, 0.15) is 36.9 Å². The van der Waals surface area contributed by atoms with Crippen LogP contribution in [0.5, 0.6) is 0 Å². The Bertz CT molecular complexity index is 1300. The molecule has 0 aromatic heterocycles. The van der Waals surface area contributed by atoms with Gasteiger partial charge >= 0.3 is 6.09 Å². The van der Waals surface area contributed by atoms with Crippen molar-refractivity contribution >= 4 is 35.2 Å². The lowest BCUT2D eigenvalue weighted by Gasteiger charge is -2.35. The van der Waals surface area contributed by atoms with E-state index in [0.29, 0.717) is 42.9 Å². The van der Waals surface area contributed by atoms with Gasteiger partial charge in [-0.2, -0.15) is 0 Å². The summed E-state index contributed by atoms with van der Waals surface area (Å²) in [6.07, 6.45) is -0.447. The number of carbonyl (C=O) groups is 4. The molecule has 2 aromatic rings. The summed E-state index contributed by atoms with van der Waals surface area (Å²) in [5.74, 6) is -4.49. The molecular formula is C27H31F2N5O6. The van der Waals surface area contributed by atoms with E-state index in [2.05, 4.69) is 10.6 Å². The molecule has 40 heavy (non-hydrogen) atoms. The number of nitrogens with zero attached hydrogens (tertiary/aromatic N) is 2. The number of benzene rings is 2. The average molecular weight is 560 g/mol. The highest BCUT2D eigenvalue weighted by Gasteiger charge is 2.44. The number of hydrogen-bond acceptors (Lipinski definition) is 6. The molecule has 3 atom stereocenters. The largest absolute Gasteiger partial charge is 0.465 e. The van der Waals surface area contributed by atoms with Crippen molar-refractivity contribution in [3.63, 3.8) is 0 Å². The highest BCUT2D eigenvalue weighted by atomic mass is 19.1. The Morgan fingerprint density at radius 1 is 1.12 bits per heavy atom. The molecule has 2 heterocycles. The number of amides is 4. The van der Waals surface area contributed by atoms with Crippen LogP contribution in [0.3, 0.4) is 0 Å². The lowest BCUT2D eigenvalue weighted by molar-refractivity contribution is -0.144. The average Bonchev–Trinajstić information content (AvgIpc) is 3.31. The number of ether oxygens (including phenoxy) is 1. The highest BCUT2D eigenvalue weighted by Crippen LogP contribution is 2.38. The lowest BCUT2D eigenvalue weighted by atomic mass is 9.90. The molecule has 4 amide bonds. The number of carbonyl (C=O) groups excluding carboxylic acids is 3. The van der Waals surface area contributed by atoms with E-state index in [-0.39, 0.29) is 12.5 Å². The van der Waals surface area contributed by atoms with Gasteiger partial charge in [0, 0.05) is 32.5 Å². The van der Waals surface area contributed by atoms with Crippen molar-refractivity contribution in [1.82, 2.24) is 15.1 Å². The van der Waals surface area contributed by atoms with Gasteiger partial charge in [0.25, 0.3) is 5.91 Å². The van der Waals surface area contributed by atoms with Gasteiger partial charge < -0.3 is 31.1 Å². The second-order valence-electron chi connectivity index (χ2n) is 9.92. The summed E-state index contributed by atoms with van der Waals surface area (Å²) in [7, 11) is 1.24. The molecule has 0 saturated carbocycles. The SMILES string of the molecule is C[C@@H](C(=O)N[C@H](C(=O)N1Cc2ccc(N)cc2[C@H]1C(=O)Nc1c(F)cccc1F)C1CCOCC1)N(C)C(=O)O. The number of nitrogens with two attached hydrogens (primary N) is 1. The van der Waals surface area contributed by atoms with Crippen molar-refractivity contribution in [3.05, 3.63) is 59.2 Å². The Hall–Kier alpha value is -4.26. The molecule has 1 saturated heterocycles. The molecule has 0 aliphatic carbocycles. The smallest absolute Gasteiger partial charge is 0.407 e. The summed E-state index contributed by atoms with van der Waals surface area (Å²) in [5, 5.41) is 14.3. The number of para-hydroxylation sites is 1. The molecule has 2 aliphatic rings. The van der Waals surface area contributed by atoms with Gasteiger partial charge in [-0.05, 0) is 61.1 Å². The van der Waals surface area contributed by atoms with Gasteiger partial charge in [-0.3, -0.25) is 19.3 Å². The summed E-state index contributed by atoms with van der Waals surface area (Å²) >= 11 is 0. The first-order valence-corrected chi connectivity index (χ1v) is 12.8. The van der Waals surface area contributed by atoms with Gasteiger partial charge in [0.15, 0.2) is 0 Å². The Morgan fingerprint density at radius 2 is 1.77 bits per heavy atom. The van der Waals surface area contributed by atoms with Gasteiger partial charge in [0.1, 0.15) is 35.4 Å². The van der Waals surface area contributed by atoms with Crippen molar-refractivity contribution in [1.29, 1.82) is 0 Å². The molecule has 0 spiro atoms. The van der Waals surface area contributed by atoms with Crippen LogP contribution in [0.2, 0.25) is 0 Å². The zero-order valence-corrected chi connectivity index (χ0v) is 22.0. The van der Waals surface area contributed by atoms with E-state index >= 15 is 0 Å². The van der Waals surface area contributed by atoms with Gasteiger partial charge in [0.2, 0.25) is 11.8 Å². The van der Waals surface area contributed by atoms with E-state index in [4.69, 9.17) is 10.5 Å². The second kappa shape index (κ2) is 11.9. The number of carboxylic acid groups (broad SMARTS) is 1. The van der Waals surface area contributed by atoms with E-state index in [1.54, 1.807) is 12.1 Å². The quantitative estimate of drug-likeness (QED) is 0.380. The normalized spacial score (nSPS) is 18.4. The predicted octanol–water partition coefficient (Wildman–Crippen LogP) is 2.48. The summed E-state index contributed by atoms with van der Waals surface area (Å²) in [5.41, 5.74) is 6.62. The van der Waals surface area contributed by atoms with Crippen molar-refractivity contribution in [3.8, 4) is 0 Å². The number of halogens is 2. The van der Waals surface area contributed by atoms with Crippen molar-refractivity contribution in [2.24, 2.45) is 5.92 Å². The van der Waals surface area contributed by atoms with E-state index in [0.717, 1.165) is 23.1 Å². The summed E-state index contributed by atoms with van der Waals surface area (Å²) in [6, 6.07) is 4.42. The molecule has 214 valence electrons. The zero-order chi connectivity index (χ0) is 29.1. The minimum atomic E-state index is -1.32. The molecule has 2 aliphatic heterocycles. The Kier molecular flexibility index (Phi) is 8.52. The van der Waals surface area contributed by atoms with E-state index < -0.39 is 59.3 Å². The van der Waals surface area contributed by atoms with Crippen LogP contribution in [0.25, 0.3) is 0 Å². The Balaban J connectivity index is 1.68. The minimum Gasteiger partial charge on any atom is -0.465 e. The maximum absolute atomic E-state index is 14.4. The van der Waals surface area contributed by atoms with Gasteiger partial charge in [0.05, 0.1) is 0 Å². The van der Waals surface area contributed by atoms with E-state index in [1.807, 2.05) is 0 Å². The van der Waals surface area contributed by atoms with Crippen LogP contribution in [-0.4, -0.2) is 71.1 Å². The fourth-order valence-electron chi connectivity index (χ4n) is 4.98. The first kappa shape index (κ1) is 28.7. The second-order valence-corrected chi connectivity index (χ2v) is 9.92. The monoisotopic (exact) mass is 559 g/mol. The number of fused-ring (bicyclic) bond motifs is 1. The number of hydrogen-bond donors (Lipinski definition) is 4. The predicted molar refractivity (Wildman–Crippen MR) is 140 cm³/mol. The number of rotatable bonds is 7. The summed E-state index contributed by atoms with van der Waals surface area (Å²) in [6.45, 7) is 2.07. The molecule has 4 rings (SSSR count). The van der Waals surface area contributed by atoms with Crippen LogP contribution in [0.15, 0.2) is 36.4 Å². The third kappa shape index (κ3) is 5.83. The Labute approximate surface area is 229 Å². The third-order valence-electron chi connectivity index (χ3n) is 7.42. The van der Waals surface area contributed by atoms with E-state index in [1.165, 1.54) is 24.9 Å². The standard InChI is InChI=1S/C27H31F2N5O6/c1-14(33(2)27(38)39)24(35)31-21(15-8-10-40-11-9-15)26(37)34-13-16-6-7-17(30)12-18(16)23(34)25(36)32-22-19(28)4-3-5-20(22)29/h3-7,12,14-15,21,23H,8-11,13,30H2,1-2H3,(H,31,35)(H,32,36)(H,38,39)/t14-,21-,23-/m0/s1. The first-order valence-electron chi connectivity index (χ1n) is 12.8. The van der Waals surface area contributed by atoms with E-state index in [9.17, 15) is 33.1 Å². The number of likely N-dealkylation sites (N-methyl/N-ethyl adjacent to an activating group) is 1. The molecule has 0 bridgehead atoms.